The fourth-order valence-corrected chi connectivity index (χ4v) is 3.00. The highest BCUT2D eigenvalue weighted by molar-refractivity contribution is 6.03. The van der Waals surface area contributed by atoms with E-state index in [0.717, 1.165) is 25.3 Å². The van der Waals surface area contributed by atoms with E-state index in [0.29, 0.717) is 13.1 Å². The first-order chi connectivity index (χ1) is 11.9. The van der Waals surface area contributed by atoms with E-state index in [4.69, 9.17) is 0 Å². The van der Waals surface area contributed by atoms with E-state index >= 15 is 0 Å². The van der Waals surface area contributed by atoms with Crippen LogP contribution in [0.15, 0.2) is 12.4 Å². The second kappa shape index (κ2) is 6.67. The lowest BCUT2D eigenvalue weighted by Gasteiger charge is -2.34. The molecule has 0 unspecified atom stereocenters. The molecule has 3 heterocycles. The molecule has 1 aliphatic heterocycles. The van der Waals surface area contributed by atoms with Gasteiger partial charge in [0.1, 0.15) is 5.56 Å². The summed E-state index contributed by atoms with van der Waals surface area (Å²) in [6, 6.07) is 0. The maximum Gasteiger partial charge on any atom is 0.339 e. The van der Waals surface area contributed by atoms with Crippen LogP contribution < -0.4 is 0 Å². The third kappa shape index (κ3) is 3.41. The van der Waals surface area contributed by atoms with Gasteiger partial charge in [-0.1, -0.05) is 0 Å². The Bertz CT molecular complexity index is 801. The largest absolute Gasteiger partial charge is 0.478 e. The van der Waals surface area contributed by atoms with Crippen LogP contribution in [0.5, 0.6) is 0 Å². The average Bonchev–Trinajstić information content (AvgIpc) is 3.12. The summed E-state index contributed by atoms with van der Waals surface area (Å²) < 4.78 is 3.21. The maximum absolute atomic E-state index is 12.6. The number of rotatable bonds is 4. The van der Waals surface area contributed by atoms with E-state index in [9.17, 15) is 14.7 Å². The van der Waals surface area contributed by atoms with Crippen LogP contribution in [0.4, 0.5) is 0 Å². The van der Waals surface area contributed by atoms with Crippen molar-refractivity contribution in [1.29, 1.82) is 0 Å². The quantitative estimate of drug-likeness (QED) is 0.845. The van der Waals surface area contributed by atoms with Gasteiger partial charge < -0.3 is 10.0 Å². The molecule has 134 valence electrons. The highest BCUT2D eigenvalue weighted by atomic mass is 16.4. The summed E-state index contributed by atoms with van der Waals surface area (Å²) in [6.07, 6.45) is 3.23. The zero-order chi connectivity index (χ0) is 18.1. The first-order valence-electron chi connectivity index (χ1n) is 8.13. The molecule has 0 saturated carbocycles. The first kappa shape index (κ1) is 17.2. The number of piperazine rings is 1. The minimum Gasteiger partial charge on any atom is -0.478 e. The van der Waals surface area contributed by atoms with Crippen molar-refractivity contribution in [2.24, 2.45) is 14.1 Å². The third-order valence-electron chi connectivity index (χ3n) is 4.65. The van der Waals surface area contributed by atoms with E-state index in [2.05, 4.69) is 15.1 Å². The molecule has 3 rings (SSSR count). The second-order valence-electron chi connectivity index (χ2n) is 6.32. The molecule has 1 amide bonds. The molecule has 2 aromatic rings. The number of carbonyl (C=O) groups excluding carboxylic acids is 1. The molecular formula is C16H22N6O3. The van der Waals surface area contributed by atoms with Crippen LogP contribution in [-0.2, 0) is 20.6 Å². The lowest BCUT2D eigenvalue weighted by Crippen LogP contribution is -2.48. The highest BCUT2D eigenvalue weighted by Gasteiger charge is 2.28. The van der Waals surface area contributed by atoms with Gasteiger partial charge in [0.2, 0.25) is 0 Å². The number of carboxylic acids is 1. The van der Waals surface area contributed by atoms with Crippen LogP contribution in [0.3, 0.4) is 0 Å². The molecule has 1 fully saturated rings. The Morgan fingerprint density at radius 1 is 1.20 bits per heavy atom. The van der Waals surface area contributed by atoms with Gasteiger partial charge in [-0.2, -0.15) is 10.2 Å². The molecular weight excluding hydrogens is 324 g/mol. The predicted octanol–water partition coefficient (Wildman–Crippen LogP) is 0.118. The number of carbonyl (C=O) groups is 2. The molecule has 0 atom stereocenters. The molecule has 0 spiro atoms. The Labute approximate surface area is 145 Å². The minimum atomic E-state index is -1.14. The van der Waals surface area contributed by atoms with Crippen LogP contribution in [0.1, 0.15) is 32.1 Å². The van der Waals surface area contributed by atoms with Crippen LogP contribution in [0.2, 0.25) is 0 Å². The molecule has 1 N–H and O–H groups in total. The van der Waals surface area contributed by atoms with Gasteiger partial charge in [-0.05, 0) is 6.92 Å². The average molecular weight is 346 g/mol. The Morgan fingerprint density at radius 3 is 2.44 bits per heavy atom. The van der Waals surface area contributed by atoms with Gasteiger partial charge in [0, 0.05) is 64.3 Å². The minimum absolute atomic E-state index is 0.00607. The number of hydrogen-bond acceptors (Lipinski definition) is 5. The van der Waals surface area contributed by atoms with Gasteiger partial charge in [0.25, 0.3) is 5.91 Å². The third-order valence-corrected chi connectivity index (χ3v) is 4.65. The van der Waals surface area contributed by atoms with Crippen LogP contribution in [-0.4, -0.2) is 72.5 Å². The number of carboxylic acid groups (broad SMARTS) is 1. The Morgan fingerprint density at radius 2 is 1.88 bits per heavy atom. The molecule has 0 radical (unpaired) electrons. The van der Waals surface area contributed by atoms with Crippen LogP contribution >= 0.6 is 0 Å². The lowest BCUT2D eigenvalue weighted by atomic mass is 10.2. The summed E-state index contributed by atoms with van der Waals surface area (Å²) in [5.74, 6) is -1.46. The summed E-state index contributed by atoms with van der Waals surface area (Å²) in [7, 11) is 3.53. The fraction of sp³-hybridized carbons (Fsp3) is 0.500. The summed E-state index contributed by atoms with van der Waals surface area (Å²) in [5, 5.41) is 17.5. The SMILES string of the molecule is Cc1c(CN2CCN(C(=O)c3nn(C)cc3C(=O)O)CC2)cnn1C. The van der Waals surface area contributed by atoms with E-state index in [1.54, 1.807) is 11.9 Å². The summed E-state index contributed by atoms with van der Waals surface area (Å²) >= 11 is 0. The van der Waals surface area contributed by atoms with Crippen molar-refractivity contribution in [3.05, 3.63) is 34.9 Å². The maximum atomic E-state index is 12.6. The first-order valence-corrected chi connectivity index (χ1v) is 8.13. The standard InChI is InChI=1S/C16H22N6O3/c1-11-12(8-17-20(11)3)9-21-4-6-22(7-5-21)15(23)14-13(16(24)25)10-19(2)18-14/h8,10H,4-7,9H2,1-3H3,(H,24,25). The topological polar surface area (TPSA) is 96.5 Å². The van der Waals surface area contributed by atoms with Crippen molar-refractivity contribution < 1.29 is 14.7 Å². The van der Waals surface area contributed by atoms with Gasteiger partial charge in [-0.25, -0.2) is 4.79 Å². The van der Waals surface area contributed by atoms with Gasteiger partial charge in [0.05, 0.1) is 6.20 Å². The Hall–Kier alpha value is -2.68. The number of aryl methyl sites for hydroxylation is 2. The van der Waals surface area contributed by atoms with Gasteiger partial charge in [-0.15, -0.1) is 0 Å². The summed E-state index contributed by atoms with van der Waals surface area (Å²) in [5.41, 5.74) is 2.27. The number of aromatic carboxylic acids is 1. The Kier molecular flexibility index (Phi) is 4.58. The van der Waals surface area contributed by atoms with Crippen LogP contribution in [0.25, 0.3) is 0 Å². The predicted molar refractivity (Wildman–Crippen MR) is 89.3 cm³/mol. The number of nitrogens with zero attached hydrogens (tertiary/aromatic N) is 6. The Balaban J connectivity index is 1.63. The van der Waals surface area contributed by atoms with Crippen molar-refractivity contribution >= 4 is 11.9 Å². The lowest BCUT2D eigenvalue weighted by molar-refractivity contribution is 0.0603. The smallest absolute Gasteiger partial charge is 0.339 e. The molecule has 2 aromatic heterocycles. The van der Waals surface area contributed by atoms with Crippen molar-refractivity contribution in [3.63, 3.8) is 0 Å². The zero-order valence-electron chi connectivity index (χ0n) is 14.6. The summed E-state index contributed by atoms with van der Waals surface area (Å²) in [6.45, 7) is 5.40. The molecule has 25 heavy (non-hydrogen) atoms. The van der Waals surface area contributed by atoms with Crippen LogP contribution in [0, 0.1) is 6.92 Å². The van der Waals surface area contributed by atoms with Gasteiger partial charge in [-0.3, -0.25) is 19.1 Å². The van der Waals surface area contributed by atoms with E-state index in [1.165, 1.54) is 16.4 Å². The van der Waals surface area contributed by atoms with E-state index in [1.807, 2.05) is 24.9 Å². The molecule has 0 aromatic carbocycles. The van der Waals surface area contributed by atoms with E-state index in [-0.39, 0.29) is 17.2 Å². The highest BCUT2D eigenvalue weighted by Crippen LogP contribution is 2.15. The fourth-order valence-electron chi connectivity index (χ4n) is 3.00. The molecule has 0 aliphatic carbocycles. The molecule has 1 saturated heterocycles. The zero-order valence-corrected chi connectivity index (χ0v) is 14.6. The van der Waals surface area contributed by atoms with Crippen molar-refractivity contribution in [3.8, 4) is 0 Å². The van der Waals surface area contributed by atoms with Crippen molar-refractivity contribution in [1.82, 2.24) is 29.4 Å². The molecule has 1 aliphatic rings. The number of aromatic nitrogens is 4. The second-order valence-corrected chi connectivity index (χ2v) is 6.32. The monoisotopic (exact) mass is 346 g/mol. The molecule has 9 heteroatoms. The van der Waals surface area contributed by atoms with Crippen molar-refractivity contribution in [2.75, 3.05) is 26.2 Å². The molecule has 0 bridgehead atoms. The summed E-state index contributed by atoms with van der Waals surface area (Å²) in [4.78, 5) is 27.8. The molecule has 9 nitrogen and oxygen atoms in total. The van der Waals surface area contributed by atoms with Gasteiger partial charge in [0.15, 0.2) is 5.69 Å². The van der Waals surface area contributed by atoms with E-state index < -0.39 is 5.97 Å². The number of hydrogen-bond donors (Lipinski definition) is 1. The van der Waals surface area contributed by atoms with Crippen molar-refractivity contribution in [2.45, 2.75) is 13.5 Å². The normalized spacial score (nSPS) is 15.6. The number of amides is 1. The van der Waals surface area contributed by atoms with Gasteiger partial charge >= 0.3 is 5.97 Å².